The van der Waals surface area contributed by atoms with Crippen molar-refractivity contribution in [3.8, 4) is 5.75 Å². The van der Waals surface area contributed by atoms with E-state index in [1.54, 1.807) is 0 Å². The van der Waals surface area contributed by atoms with Crippen LogP contribution in [0.25, 0.3) is 0 Å². The van der Waals surface area contributed by atoms with Gasteiger partial charge in [-0.05, 0) is 17.2 Å². The maximum absolute atomic E-state index is 11.7. The lowest BCUT2D eigenvalue weighted by Crippen LogP contribution is -2.17. The van der Waals surface area contributed by atoms with E-state index in [0.717, 1.165) is 11.1 Å². The number of carboxylic acid groups (broad SMARTS) is 1. The minimum atomic E-state index is -1.28. The molecule has 0 aliphatic heterocycles. The van der Waals surface area contributed by atoms with Gasteiger partial charge in [-0.25, -0.2) is 4.79 Å². The SMILES string of the molecule is C[C@H](c1ccccc1)C(Oc1c(C(=O)O)cccc1[N+](=O)[O-])c1ccccc1. The van der Waals surface area contributed by atoms with Crippen molar-refractivity contribution in [2.24, 2.45) is 0 Å². The van der Waals surface area contributed by atoms with Gasteiger partial charge in [0.1, 0.15) is 11.7 Å². The summed E-state index contributed by atoms with van der Waals surface area (Å²) in [6, 6.07) is 22.8. The fourth-order valence-electron chi connectivity index (χ4n) is 3.12. The van der Waals surface area contributed by atoms with E-state index in [1.807, 2.05) is 67.6 Å². The van der Waals surface area contributed by atoms with Gasteiger partial charge in [-0.3, -0.25) is 10.1 Å². The molecule has 0 amide bonds. The van der Waals surface area contributed by atoms with Gasteiger partial charge in [0.05, 0.1) is 4.92 Å². The molecule has 1 N–H and O–H groups in total. The molecule has 0 fully saturated rings. The predicted molar refractivity (Wildman–Crippen MR) is 105 cm³/mol. The van der Waals surface area contributed by atoms with E-state index in [-0.39, 0.29) is 22.9 Å². The number of ether oxygens (including phenoxy) is 1. The second-order valence-electron chi connectivity index (χ2n) is 6.36. The van der Waals surface area contributed by atoms with Crippen LogP contribution in [0.3, 0.4) is 0 Å². The lowest BCUT2D eigenvalue weighted by Gasteiger charge is -2.26. The topological polar surface area (TPSA) is 89.7 Å². The molecule has 3 rings (SSSR count). The van der Waals surface area contributed by atoms with Gasteiger partial charge in [-0.1, -0.05) is 73.7 Å². The summed E-state index contributed by atoms with van der Waals surface area (Å²) in [4.78, 5) is 22.5. The number of nitro benzene ring substituents is 1. The number of hydrogen-bond acceptors (Lipinski definition) is 4. The summed E-state index contributed by atoms with van der Waals surface area (Å²) in [6.07, 6.45) is -0.609. The summed E-state index contributed by atoms with van der Waals surface area (Å²) in [5.41, 5.74) is 1.16. The normalized spacial score (nSPS) is 12.8. The Labute approximate surface area is 162 Å². The molecular weight excluding hydrogens is 358 g/mol. The Balaban J connectivity index is 2.11. The molecule has 0 spiro atoms. The zero-order valence-electron chi connectivity index (χ0n) is 15.2. The Hall–Kier alpha value is -3.67. The van der Waals surface area contributed by atoms with E-state index in [4.69, 9.17) is 4.74 Å². The van der Waals surface area contributed by atoms with Crippen molar-refractivity contribution in [2.75, 3.05) is 0 Å². The molecule has 0 saturated heterocycles. The van der Waals surface area contributed by atoms with Crippen LogP contribution in [-0.4, -0.2) is 16.0 Å². The van der Waals surface area contributed by atoms with Crippen molar-refractivity contribution in [2.45, 2.75) is 18.9 Å². The van der Waals surface area contributed by atoms with Crippen molar-refractivity contribution in [1.29, 1.82) is 0 Å². The maximum Gasteiger partial charge on any atom is 0.339 e. The monoisotopic (exact) mass is 377 g/mol. The highest BCUT2D eigenvalue weighted by Crippen LogP contribution is 2.40. The van der Waals surface area contributed by atoms with Gasteiger partial charge in [-0.2, -0.15) is 0 Å². The van der Waals surface area contributed by atoms with Crippen LogP contribution in [0.15, 0.2) is 78.9 Å². The van der Waals surface area contributed by atoms with Crippen LogP contribution in [0.4, 0.5) is 5.69 Å². The molecule has 6 heteroatoms. The van der Waals surface area contributed by atoms with E-state index in [9.17, 15) is 20.0 Å². The van der Waals surface area contributed by atoms with Gasteiger partial charge in [0.2, 0.25) is 5.75 Å². The smallest absolute Gasteiger partial charge is 0.339 e. The number of nitrogens with zero attached hydrogens (tertiary/aromatic N) is 1. The van der Waals surface area contributed by atoms with E-state index < -0.39 is 17.0 Å². The molecule has 0 aliphatic carbocycles. The predicted octanol–water partition coefficient (Wildman–Crippen LogP) is 5.22. The Morgan fingerprint density at radius 1 is 0.929 bits per heavy atom. The van der Waals surface area contributed by atoms with Gasteiger partial charge in [0, 0.05) is 12.0 Å². The molecular formula is C22H19NO5. The van der Waals surface area contributed by atoms with Gasteiger partial charge in [0.15, 0.2) is 0 Å². The first-order valence-corrected chi connectivity index (χ1v) is 8.76. The van der Waals surface area contributed by atoms with Crippen LogP contribution in [0.2, 0.25) is 0 Å². The quantitative estimate of drug-likeness (QED) is 0.450. The summed E-state index contributed by atoms with van der Waals surface area (Å²) in [7, 11) is 0. The summed E-state index contributed by atoms with van der Waals surface area (Å²) in [6.45, 7) is 1.95. The highest BCUT2D eigenvalue weighted by molar-refractivity contribution is 5.92. The van der Waals surface area contributed by atoms with E-state index >= 15 is 0 Å². The van der Waals surface area contributed by atoms with Crippen LogP contribution in [0.1, 0.15) is 40.4 Å². The summed E-state index contributed by atoms with van der Waals surface area (Å²) < 4.78 is 6.08. The van der Waals surface area contributed by atoms with Crippen molar-refractivity contribution >= 4 is 11.7 Å². The van der Waals surface area contributed by atoms with Gasteiger partial charge < -0.3 is 9.84 Å². The van der Waals surface area contributed by atoms with Gasteiger partial charge >= 0.3 is 11.7 Å². The highest BCUT2D eigenvalue weighted by Gasteiger charge is 2.29. The number of hydrogen-bond donors (Lipinski definition) is 1. The number of aromatic carboxylic acids is 1. The Kier molecular flexibility index (Phi) is 5.69. The molecule has 0 heterocycles. The number of nitro groups is 1. The molecule has 0 saturated carbocycles. The van der Waals surface area contributed by atoms with Crippen molar-refractivity contribution in [3.63, 3.8) is 0 Å². The number of carboxylic acids is 1. The number of benzene rings is 3. The van der Waals surface area contributed by atoms with Crippen molar-refractivity contribution < 1.29 is 19.6 Å². The minimum absolute atomic E-state index is 0.176. The third-order valence-electron chi connectivity index (χ3n) is 4.57. The average Bonchev–Trinajstić information content (AvgIpc) is 2.72. The first-order valence-electron chi connectivity index (χ1n) is 8.76. The third kappa shape index (κ3) is 4.01. The number of para-hydroxylation sites is 1. The largest absolute Gasteiger partial charge is 0.478 e. The summed E-state index contributed by atoms with van der Waals surface area (Å²) in [5.74, 6) is -1.69. The number of carbonyl (C=O) groups is 1. The van der Waals surface area contributed by atoms with Gasteiger partial charge in [-0.15, -0.1) is 0 Å². The zero-order chi connectivity index (χ0) is 20.1. The van der Waals surface area contributed by atoms with Crippen molar-refractivity contribution in [3.05, 3.63) is 106 Å². The highest BCUT2D eigenvalue weighted by atomic mass is 16.6. The van der Waals surface area contributed by atoms with E-state index in [1.165, 1.54) is 18.2 Å². The van der Waals surface area contributed by atoms with Crippen LogP contribution in [0.5, 0.6) is 5.75 Å². The third-order valence-corrected chi connectivity index (χ3v) is 4.57. The Morgan fingerprint density at radius 2 is 1.50 bits per heavy atom. The lowest BCUT2D eigenvalue weighted by molar-refractivity contribution is -0.386. The second-order valence-corrected chi connectivity index (χ2v) is 6.36. The van der Waals surface area contributed by atoms with Crippen LogP contribution >= 0.6 is 0 Å². The van der Waals surface area contributed by atoms with Crippen LogP contribution in [0, 0.1) is 10.1 Å². The summed E-state index contributed by atoms with van der Waals surface area (Å²) in [5, 5.41) is 21.0. The molecule has 3 aromatic rings. The molecule has 0 radical (unpaired) electrons. The van der Waals surface area contributed by atoms with Crippen molar-refractivity contribution in [1.82, 2.24) is 0 Å². The molecule has 2 atom stereocenters. The molecule has 1 unspecified atom stereocenters. The van der Waals surface area contributed by atoms with E-state index in [2.05, 4.69) is 0 Å². The Bertz CT molecular complexity index is 940. The Morgan fingerprint density at radius 3 is 2.04 bits per heavy atom. The molecule has 0 aliphatic rings. The standard InChI is InChI=1S/C22H19NO5/c1-15(16-9-4-2-5-10-16)20(17-11-6-3-7-12-17)28-21-18(22(24)25)13-8-14-19(21)23(26)27/h2-15,20H,1H3,(H,24,25)/t15-,20?/m1/s1. The molecule has 28 heavy (non-hydrogen) atoms. The first kappa shape index (κ1) is 19.1. The average molecular weight is 377 g/mol. The zero-order valence-corrected chi connectivity index (χ0v) is 15.2. The molecule has 0 bridgehead atoms. The molecule has 3 aromatic carbocycles. The minimum Gasteiger partial charge on any atom is -0.478 e. The fourth-order valence-corrected chi connectivity index (χ4v) is 3.12. The maximum atomic E-state index is 11.7. The molecule has 0 aromatic heterocycles. The number of rotatable bonds is 7. The summed E-state index contributed by atoms with van der Waals surface area (Å²) >= 11 is 0. The second kappa shape index (κ2) is 8.35. The van der Waals surface area contributed by atoms with Gasteiger partial charge in [0.25, 0.3) is 0 Å². The fraction of sp³-hybridized carbons (Fsp3) is 0.136. The van der Waals surface area contributed by atoms with Crippen LogP contribution in [-0.2, 0) is 0 Å². The molecule has 6 nitrogen and oxygen atoms in total. The lowest BCUT2D eigenvalue weighted by atomic mass is 9.90. The van der Waals surface area contributed by atoms with Crippen LogP contribution < -0.4 is 4.74 Å². The molecule has 142 valence electrons. The first-order chi connectivity index (χ1) is 13.5. The van der Waals surface area contributed by atoms with E-state index in [0.29, 0.717) is 0 Å².